The monoisotopic (exact) mass is 466 g/mol. The fourth-order valence-electron chi connectivity index (χ4n) is 4.88. The lowest BCUT2D eigenvalue weighted by Crippen LogP contribution is -2.51. The summed E-state index contributed by atoms with van der Waals surface area (Å²) in [7, 11) is 0. The predicted molar refractivity (Wildman–Crippen MR) is 128 cm³/mol. The molecular formula is C26H22N6O3. The lowest BCUT2D eigenvalue weighted by Gasteiger charge is -2.40. The number of hydrogen-bond acceptors (Lipinski definition) is 5. The maximum Gasteiger partial charge on any atom is 0.260 e. The minimum absolute atomic E-state index is 0.149. The van der Waals surface area contributed by atoms with Crippen molar-refractivity contribution >= 4 is 29.1 Å². The Bertz CT molecular complexity index is 1480. The molecule has 0 aliphatic carbocycles. The molecule has 4 heterocycles. The average Bonchev–Trinajstić information content (AvgIpc) is 3.43. The van der Waals surface area contributed by atoms with E-state index in [0.29, 0.717) is 36.2 Å². The van der Waals surface area contributed by atoms with Gasteiger partial charge in [0.15, 0.2) is 5.65 Å². The molecule has 2 aromatic carbocycles. The van der Waals surface area contributed by atoms with E-state index in [0.717, 1.165) is 17.0 Å². The first-order valence-corrected chi connectivity index (χ1v) is 11.5. The molecule has 35 heavy (non-hydrogen) atoms. The van der Waals surface area contributed by atoms with Crippen molar-refractivity contribution in [3.8, 4) is 0 Å². The number of benzene rings is 2. The van der Waals surface area contributed by atoms with Gasteiger partial charge in [-0.15, -0.1) is 10.2 Å². The quantitative estimate of drug-likeness (QED) is 0.441. The molecule has 0 bridgehead atoms. The lowest BCUT2D eigenvalue weighted by atomic mass is 10.0. The molecule has 0 saturated heterocycles. The number of amides is 3. The van der Waals surface area contributed by atoms with E-state index >= 15 is 0 Å². The van der Waals surface area contributed by atoms with Gasteiger partial charge < -0.3 is 10.2 Å². The number of rotatable bonds is 6. The second-order valence-corrected chi connectivity index (χ2v) is 8.58. The number of carbonyl (C=O) groups is 3. The van der Waals surface area contributed by atoms with Gasteiger partial charge in [0, 0.05) is 30.3 Å². The van der Waals surface area contributed by atoms with Gasteiger partial charge in [-0.1, -0.05) is 36.4 Å². The van der Waals surface area contributed by atoms with Crippen LogP contribution in [0.3, 0.4) is 0 Å². The maximum absolute atomic E-state index is 13.4. The van der Waals surface area contributed by atoms with Gasteiger partial charge >= 0.3 is 0 Å². The van der Waals surface area contributed by atoms with Gasteiger partial charge in [0.2, 0.25) is 5.91 Å². The van der Waals surface area contributed by atoms with Gasteiger partial charge in [0.1, 0.15) is 18.5 Å². The van der Waals surface area contributed by atoms with E-state index in [1.54, 1.807) is 41.3 Å². The van der Waals surface area contributed by atoms with E-state index in [1.807, 2.05) is 40.9 Å². The molecule has 4 aromatic rings. The van der Waals surface area contributed by atoms with Crippen LogP contribution in [0, 0.1) is 0 Å². The van der Waals surface area contributed by atoms with Gasteiger partial charge in [-0.05, 0) is 36.8 Å². The second-order valence-electron chi connectivity index (χ2n) is 8.58. The van der Waals surface area contributed by atoms with Crippen molar-refractivity contribution in [2.24, 2.45) is 0 Å². The van der Waals surface area contributed by atoms with Crippen LogP contribution in [-0.2, 0) is 11.2 Å². The van der Waals surface area contributed by atoms with Crippen LogP contribution < -0.4 is 10.2 Å². The number of pyridine rings is 1. The fourth-order valence-corrected chi connectivity index (χ4v) is 4.88. The summed E-state index contributed by atoms with van der Waals surface area (Å²) < 4.78 is 1.93. The van der Waals surface area contributed by atoms with Gasteiger partial charge in [0.05, 0.1) is 11.3 Å². The number of nitrogens with one attached hydrogen (secondary N) is 1. The van der Waals surface area contributed by atoms with Crippen LogP contribution in [-0.4, -0.2) is 50.3 Å². The number of aryl methyl sites for hydroxylation is 1. The molecule has 2 aliphatic heterocycles. The molecule has 0 fully saturated rings. The fraction of sp³-hybridized carbons (Fsp3) is 0.192. The molecule has 1 N–H and O–H groups in total. The third kappa shape index (κ3) is 3.43. The molecule has 0 saturated carbocycles. The molecule has 174 valence electrons. The summed E-state index contributed by atoms with van der Waals surface area (Å²) in [5.41, 5.74) is 3.04. The number of fused-ring (bicyclic) bond motifs is 6. The van der Waals surface area contributed by atoms with Gasteiger partial charge in [-0.25, -0.2) is 0 Å². The average molecular weight is 467 g/mol. The molecule has 9 heteroatoms. The number of para-hydroxylation sites is 1. The Morgan fingerprint density at radius 1 is 0.886 bits per heavy atom. The zero-order valence-corrected chi connectivity index (χ0v) is 18.8. The van der Waals surface area contributed by atoms with Crippen molar-refractivity contribution in [3.05, 3.63) is 95.4 Å². The summed E-state index contributed by atoms with van der Waals surface area (Å²) in [6.07, 6.45) is 2.60. The standard InChI is InChI=1S/C26H22N6O3/c33-23(27-14-7-13-22-29-28-21-12-5-6-15-30(21)22)16-31-24-17-8-1-2-9-18(17)26(35)32(24)20-11-4-3-10-19(20)25(31)34/h1-6,8-12,15,24H,7,13-14,16H2,(H,27,33). The number of anilines is 1. The largest absolute Gasteiger partial charge is 0.355 e. The Kier molecular flexibility index (Phi) is 5.02. The molecule has 1 unspecified atom stereocenters. The number of aromatic nitrogens is 3. The van der Waals surface area contributed by atoms with E-state index in [1.165, 1.54) is 4.90 Å². The van der Waals surface area contributed by atoms with Gasteiger partial charge in [0.25, 0.3) is 11.8 Å². The molecular weight excluding hydrogens is 444 g/mol. The van der Waals surface area contributed by atoms with Crippen LogP contribution in [0.2, 0.25) is 0 Å². The Morgan fingerprint density at radius 2 is 1.66 bits per heavy atom. The maximum atomic E-state index is 13.4. The van der Waals surface area contributed by atoms with Crippen LogP contribution >= 0.6 is 0 Å². The molecule has 0 radical (unpaired) electrons. The molecule has 2 aliphatic rings. The van der Waals surface area contributed by atoms with Crippen molar-refractivity contribution in [1.82, 2.24) is 24.8 Å². The minimum Gasteiger partial charge on any atom is -0.355 e. The van der Waals surface area contributed by atoms with Crippen molar-refractivity contribution < 1.29 is 14.4 Å². The van der Waals surface area contributed by atoms with Crippen molar-refractivity contribution in [2.45, 2.75) is 19.0 Å². The topological polar surface area (TPSA) is 99.9 Å². The summed E-state index contributed by atoms with van der Waals surface area (Å²) in [5.74, 6) is 0.114. The van der Waals surface area contributed by atoms with E-state index in [9.17, 15) is 14.4 Å². The highest BCUT2D eigenvalue weighted by Crippen LogP contribution is 2.44. The lowest BCUT2D eigenvalue weighted by molar-refractivity contribution is -0.122. The van der Waals surface area contributed by atoms with Crippen molar-refractivity contribution in [2.75, 3.05) is 18.0 Å². The molecule has 3 amide bonds. The summed E-state index contributed by atoms with van der Waals surface area (Å²) in [4.78, 5) is 42.6. The third-order valence-corrected chi connectivity index (χ3v) is 6.48. The van der Waals surface area contributed by atoms with E-state index in [-0.39, 0.29) is 24.3 Å². The van der Waals surface area contributed by atoms with E-state index < -0.39 is 6.17 Å². The molecule has 2 aromatic heterocycles. The predicted octanol–water partition coefficient (Wildman–Crippen LogP) is 2.59. The number of carbonyl (C=O) groups excluding carboxylic acids is 3. The SMILES string of the molecule is O=C(CN1C(=O)c2ccccc2N2C(=O)c3ccccc3C12)NCCCc1nnc2ccccn12. The molecule has 9 nitrogen and oxygen atoms in total. The third-order valence-electron chi connectivity index (χ3n) is 6.48. The number of hydrogen-bond donors (Lipinski definition) is 1. The highest BCUT2D eigenvalue weighted by atomic mass is 16.2. The summed E-state index contributed by atoms with van der Waals surface area (Å²) in [6.45, 7) is 0.285. The van der Waals surface area contributed by atoms with Crippen LogP contribution in [0.25, 0.3) is 5.65 Å². The van der Waals surface area contributed by atoms with Gasteiger partial charge in [-0.2, -0.15) is 0 Å². The Morgan fingerprint density at radius 3 is 2.54 bits per heavy atom. The summed E-state index contributed by atoms with van der Waals surface area (Å²) in [5, 5.41) is 11.3. The Labute approximate surface area is 201 Å². The molecule has 6 rings (SSSR count). The summed E-state index contributed by atoms with van der Waals surface area (Å²) >= 11 is 0. The van der Waals surface area contributed by atoms with Crippen molar-refractivity contribution in [1.29, 1.82) is 0 Å². The Balaban J connectivity index is 1.17. The van der Waals surface area contributed by atoms with Crippen LogP contribution in [0.1, 0.15) is 44.7 Å². The van der Waals surface area contributed by atoms with Crippen LogP contribution in [0.5, 0.6) is 0 Å². The molecule has 0 spiro atoms. The first-order chi connectivity index (χ1) is 17.1. The highest BCUT2D eigenvalue weighted by molar-refractivity contribution is 6.17. The second kappa shape index (κ2) is 8.35. The van der Waals surface area contributed by atoms with Gasteiger partial charge in [-0.3, -0.25) is 23.7 Å². The smallest absolute Gasteiger partial charge is 0.260 e. The first-order valence-electron chi connectivity index (χ1n) is 11.5. The van der Waals surface area contributed by atoms with E-state index in [2.05, 4.69) is 15.5 Å². The summed E-state index contributed by atoms with van der Waals surface area (Å²) in [6, 6.07) is 20.0. The first kappa shape index (κ1) is 21.0. The zero-order valence-electron chi connectivity index (χ0n) is 18.8. The molecule has 1 atom stereocenters. The minimum atomic E-state index is -0.644. The highest BCUT2D eigenvalue weighted by Gasteiger charge is 2.47. The normalized spacial score (nSPS) is 16.3. The van der Waals surface area contributed by atoms with Crippen LogP contribution in [0.4, 0.5) is 5.69 Å². The van der Waals surface area contributed by atoms with Crippen LogP contribution in [0.15, 0.2) is 72.9 Å². The van der Waals surface area contributed by atoms with E-state index in [4.69, 9.17) is 0 Å². The van der Waals surface area contributed by atoms with Crippen molar-refractivity contribution in [3.63, 3.8) is 0 Å². The Hall–Kier alpha value is -4.53. The zero-order chi connectivity index (χ0) is 23.9. The number of nitrogens with zero attached hydrogens (tertiary/aromatic N) is 5.